The molecule has 0 unspecified atom stereocenters. The Morgan fingerprint density at radius 1 is 1.03 bits per heavy atom. The summed E-state index contributed by atoms with van der Waals surface area (Å²) in [5, 5.41) is 28.6. The first-order chi connectivity index (χ1) is 14.6. The van der Waals surface area contributed by atoms with Crippen LogP contribution in [0.5, 0.6) is 0 Å². The first-order valence-electron chi connectivity index (χ1n) is 10.9. The molecule has 2 aromatic heterocycles. The van der Waals surface area contributed by atoms with Gasteiger partial charge in [-0.15, -0.1) is 0 Å². The first-order valence-corrected chi connectivity index (χ1v) is 10.9. The third kappa shape index (κ3) is 3.52. The fraction of sp³-hybridized carbons (Fsp3) is 0.478. The Kier molecular flexibility index (Phi) is 5.08. The van der Waals surface area contributed by atoms with Gasteiger partial charge in [0.25, 0.3) is 0 Å². The first kappa shape index (κ1) is 19.3. The van der Waals surface area contributed by atoms with Gasteiger partial charge in [-0.05, 0) is 49.8 Å². The van der Waals surface area contributed by atoms with Crippen molar-refractivity contribution in [2.24, 2.45) is 5.92 Å². The summed E-state index contributed by atoms with van der Waals surface area (Å²) in [6.45, 7) is 4.18. The largest absolute Gasteiger partial charge is 0.390 e. The van der Waals surface area contributed by atoms with Crippen LogP contribution in [-0.2, 0) is 0 Å². The highest BCUT2D eigenvalue weighted by Gasteiger charge is 2.39. The van der Waals surface area contributed by atoms with E-state index in [0.717, 1.165) is 35.8 Å². The SMILES string of the molecule is C[C@@H]1C[C@@H](Nc2ccnc3cc(-c4cccc(N5CCCCC5)c4)nn23)[C@H](O)[C@@H]1O. The third-order valence-electron chi connectivity index (χ3n) is 6.53. The van der Waals surface area contributed by atoms with E-state index >= 15 is 0 Å². The standard InChI is InChI=1S/C23H29N5O2/c1-15-12-19(23(30)22(15)29)25-20-8-9-24-21-14-18(26-28(20)21)16-6-5-7-17(13-16)27-10-3-2-4-11-27/h5-9,13-15,19,22-23,25,29-30H,2-4,10-12H2,1H3/t15-,19-,22-,23+/m1/s1. The Balaban J connectivity index is 1.44. The number of benzene rings is 1. The number of nitrogens with one attached hydrogen (secondary N) is 1. The van der Waals surface area contributed by atoms with Crippen molar-refractivity contribution >= 4 is 17.2 Å². The summed E-state index contributed by atoms with van der Waals surface area (Å²) in [4.78, 5) is 6.91. The molecule has 1 aliphatic heterocycles. The number of hydrogen-bond donors (Lipinski definition) is 3. The lowest BCUT2D eigenvalue weighted by Gasteiger charge is -2.29. The Morgan fingerprint density at radius 2 is 1.87 bits per heavy atom. The van der Waals surface area contributed by atoms with Gasteiger partial charge < -0.3 is 20.4 Å². The Morgan fingerprint density at radius 3 is 2.63 bits per heavy atom. The summed E-state index contributed by atoms with van der Waals surface area (Å²) in [5.74, 6) is 0.823. The molecule has 2 aliphatic rings. The van der Waals surface area contributed by atoms with E-state index in [-0.39, 0.29) is 12.0 Å². The van der Waals surface area contributed by atoms with Gasteiger partial charge in [-0.3, -0.25) is 0 Å². The molecule has 0 bridgehead atoms. The van der Waals surface area contributed by atoms with Crippen LogP contribution in [0.2, 0.25) is 0 Å². The van der Waals surface area contributed by atoms with Crippen molar-refractivity contribution in [1.82, 2.24) is 14.6 Å². The molecule has 3 heterocycles. The van der Waals surface area contributed by atoms with Crippen LogP contribution in [0.15, 0.2) is 42.6 Å². The number of hydrogen-bond acceptors (Lipinski definition) is 6. The zero-order valence-electron chi connectivity index (χ0n) is 17.3. The van der Waals surface area contributed by atoms with Crippen LogP contribution in [0.4, 0.5) is 11.5 Å². The van der Waals surface area contributed by atoms with Gasteiger partial charge in [0, 0.05) is 36.6 Å². The van der Waals surface area contributed by atoms with Crippen molar-refractivity contribution in [3.05, 3.63) is 42.6 Å². The van der Waals surface area contributed by atoms with Crippen molar-refractivity contribution in [3.63, 3.8) is 0 Å². The number of piperidine rings is 1. The fourth-order valence-corrected chi connectivity index (χ4v) is 4.75. The molecule has 7 heteroatoms. The van der Waals surface area contributed by atoms with E-state index in [9.17, 15) is 10.2 Å². The number of aliphatic hydroxyl groups excluding tert-OH is 2. The van der Waals surface area contributed by atoms with Crippen molar-refractivity contribution < 1.29 is 10.2 Å². The summed E-state index contributed by atoms with van der Waals surface area (Å²) in [6.07, 6.45) is 4.77. The number of fused-ring (bicyclic) bond motifs is 1. The van der Waals surface area contributed by atoms with Gasteiger partial charge in [0.15, 0.2) is 5.65 Å². The molecule has 3 N–H and O–H groups in total. The van der Waals surface area contributed by atoms with Crippen LogP contribution in [0.1, 0.15) is 32.6 Å². The van der Waals surface area contributed by atoms with E-state index < -0.39 is 12.2 Å². The summed E-state index contributed by atoms with van der Waals surface area (Å²) in [7, 11) is 0. The average Bonchev–Trinajstić information content (AvgIpc) is 3.32. The second kappa shape index (κ2) is 7.89. The molecular weight excluding hydrogens is 378 g/mol. The van der Waals surface area contributed by atoms with E-state index in [4.69, 9.17) is 5.10 Å². The third-order valence-corrected chi connectivity index (χ3v) is 6.53. The van der Waals surface area contributed by atoms with E-state index in [1.807, 2.05) is 19.1 Å². The van der Waals surface area contributed by atoms with Crippen molar-refractivity contribution in [2.45, 2.75) is 50.9 Å². The van der Waals surface area contributed by atoms with Crippen LogP contribution in [0.25, 0.3) is 16.9 Å². The summed E-state index contributed by atoms with van der Waals surface area (Å²) in [6, 6.07) is 12.2. The Labute approximate surface area is 176 Å². The zero-order chi connectivity index (χ0) is 20.7. The van der Waals surface area contributed by atoms with Crippen molar-refractivity contribution in [3.8, 4) is 11.3 Å². The molecule has 0 radical (unpaired) electrons. The molecule has 1 saturated carbocycles. The van der Waals surface area contributed by atoms with Crippen LogP contribution in [-0.4, -0.2) is 56.2 Å². The minimum Gasteiger partial charge on any atom is -0.390 e. The fourth-order valence-electron chi connectivity index (χ4n) is 4.75. The molecule has 1 aromatic carbocycles. The molecule has 7 nitrogen and oxygen atoms in total. The molecule has 30 heavy (non-hydrogen) atoms. The van der Waals surface area contributed by atoms with Gasteiger partial charge in [-0.1, -0.05) is 19.1 Å². The van der Waals surface area contributed by atoms with E-state index in [0.29, 0.717) is 6.42 Å². The monoisotopic (exact) mass is 407 g/mol. The van der Waals surface area contributed by atoms with Gasteiger partial charge in [0.05, 0.1) is 17.8 Å². The lowest BCUT2D eigenvalue weighted by Crippen LogP contribution is -2.35. The minimum absolute atomic E-state index is 0.0561. The van der Waals surface area contributed by atoms with E-state index in [2.05, 4.69) is 39.5 Å². The van der Waals surface area contributed by atoms with Crippen LogP contribution < -0.4 is 10.2 Å². The molecule has 3 aromatic rings. The van der Waals surface area contributed by atoms with Gasteiger partial charge >= 0.3 is 0 Å². The van der Waals surface area contributed by atoms with Crippen molar-refractivity contribution in [2.75, 3.05) is 23.3 Å². The number of nitrogens with zero attached hydrogens (tertiary/aromatic N) is 4. The lowest BCUT2D eigenvalue weighted by molar-refractivity contribution is 0.0210. The minimum atomic E-state index is -0.792. The number of anilines is 2. The zero-order valence-corrected chi connectivity index (χ0v) is 17.3. The predicted octanol–water partition coefficient (Wildman–Crippen LogP) is 2.93. The lowest BCUT2D eigenvalue weighted by atomic mass is 10.1. The topological polar surface area (TPSA) is 85.9 Å². The predicted molar refractivity (Wildman–Crippen MR) is 118 cm³/mol. The maximum atomic E-state index is 10.3. The normalized spacial score (nSPS) is 27.0. The molecule has 1 saturated heterocycles. The number of rotatable bonds is 4. The Hall–Kier alpha value is -2.64. The highest BCUT2D eigenvalue weighted by atomic mass is 16.3. The van der Waals surface area contributed by atoms with Gasteiger partial charge in [-0.2, -0.15) is 9.61 Å². The summed E-state index contributed by atoms with van der Waals surface area (Å²) in [5.41, 5.74) is 3.93. The van der Waals surface area contributed by atoms with Crippen molar-refractivity contribution in [1.29, 1.82) is 0 Å². The van der Waals surface area contributed by atoms with E-state index in [1.54, 1.807) is 10.7 Å². The molecule has 5 rings (SSSR count). The van der Waals surface area contributed by atoms with Gasteiger partial charge in [0.2, 0.25) is 0 Å². The molecule has 1 aliphatic carbocycles. The van der Waals surface area contributed by atoms with Crippen LogP contribution in [0, 0.1) is 5.92 Å². The summed E-state index contributed by atoms with van der Waals surface area (Å²) >= 11 is 0. The molecule has 158 valence electrons. The number of aromatic nitrogens is 3. The second-order valence-corrected chi connectivity index (χ2v) is 8.67. The van der Waals surface area contributed by atoms with Gasteiger partial charge in [0.1, 0.15) is 11.9 Å². The van der Waals surface area contributed by atoms with Gasteiger partial charge in [-0.25, -0.2) is 4.98 Å². The molecule has 4 atom stereocenters. The smallest absolute Gasteiger partial charge is 0.157 e. The second-order valence-electron chi connectivity index (χ2n) is 8.67. The quantitative estimate of drug-likeness (QED) is 0.617. The summed E-state index contributed by atoms with van der Waals surface area (Å²) < 4.78 is 1.78. The number of aliphatic hydroxyl groups is 2. The maximum absolute atomic E-state index is 10.3. The highest BCUT2D eigenvalue weighted by molar-refractivity contribution is 5.69. The molecule has 2 fully saturated rings. The molecule has 0 spiro atoms. The average molecular weight is 408 g/mol. The molecule has 0 amide bonds. The highest BCUT2D eigenvalue weighted by Crippen LogP contribution is 2.30. The Bertz CT molecular complexity index is 1030. The van der Waals surface area contributed by atoms with Crippen LogP contribution in [0.3, 0.4) is 0 Å². The molecular formula is C23H29N5O2. The maximum Gasteiger partial charge on any atom is 0.157 e. The van der Waals surface area contributed by atoms with Crippen LogP contribution >= 0.6 is 0 Å². The van der Waals surface area contributed by atoms with E-state index in [1.165, 1.54) is 24.9 Å².